The fourth-order valence-electron chi connectivity index (χ4n) is 3.92. The molecule has 2 aliphatic heterocycles. The van der Waals surface area contributed by atoms with E-state index in [2.05, 4.69) is 15.3 Å². The molecule has 2 aromatic heterocycles. The molecular weight excluding hydrogens is 446 g/mol. The summed E-state index contributed by atoms with van der Waals surface area (Å²) in [5.74, 6) is 1.44. The van der Waals surface area contributed by atoms with Crippen LogP contribution in [0.2, 0.25) is 0 Å². The molecule has 0 atom stereocenters. The first-order valence-electron chi connectivity index (χ1n) is 10.5. The fourth-order valence-corrected chi connectivity index (χ4v) is 5.65. The number of nitrogens with zero attached hydrogens (tertiary/aromatic N) is 5. The SMILES string of the molecule is COc1ccc(-c2nc(CN3CCN(C(=O)c4cnc5n(c4=O)CCS5)CC3)cs2)cc1. The Labute approximate surface area is 193 Å². The van der Waals surface area contributed by atoms with Crippen LogP contribution in [0.4, 0.5) is 0 Å². The lowest BCUT2D eigenvalue weighted by molar-refractivity contribution is 0.0624. The molecule has 0 radical (unpaired) electrons. The quantitative estimate of drug-likeness (QED) is 0.531. The minimum absolute atomic E-state index is 0.174. The molecular formula is C22H23N5O3S2. The molecule has 3 aromatic rings. The van der Waals surface area contributed by atoms with E-state index in [1.807, 2.05) is 24.3 Å². The van der Waals surface area contributed by atoms with Crippen LogP contribution in [-0.4, -0.2) is 69.3 Å². The van der Waals surface area contributed by atoms with Crippen molar-refractivity contribution in [3.63, 3.8) is 0 Å². The Hall–Kier alpha value is -2.69. The van der Waals surface area contributed by atoms with E-state index in [4.69, 9.17) is 9.72 Å². The molecule has 1 saturated heterocycles. The van der Waals surface area contributed by atoms with E-state index < -0.39 is 0 Å². The van der Waals surface area contributed by atoms with Crippen LogP contribution in [0.1, 0.15) is 16.1 Å². The normalized spacial score (nSPS) is 16.2. The standard InChI is InChI=1S/C22H23N5O3S2/c1-30-17-4-2-15(3-5-17)19-24-16(14-32-19)13-25-6-8-26(9-7-25)20(28)18-12-23-22-27(21(18)29)10-11-31-22/h2-5,12,14H,6-11,13H2,1H3. The zero-order valence-electron chi connectivity index (χ0n) is 17.7. The van der Waals surface area contributed by atoms with Gasteiger partial charge in [0.15, 0.2) is 5.16 Å². The number of methoxy groups -OCH3 is 1. The highest BCUT2D eigenvalue weighted by Gasteiger charge is 2.27. The molecule has 5 rings (SSSR count). The maximum absolute atomic E-state index is 12.9. The summed E-state index contributed by atoms with van der Waals surface area (Å²) in [6, 6.07) is 7.91. The van der Waals surface area contributed by atoms with Crippen molar-refractivity contribution in [2.45, 2.75) is 18.2 Å². The van der Waals surface area contributed by atoms with E-state index >= 15 is 0 Å². The van der Waals surface area contributed by atoms with Gasteiger partial charge in [0.25, 0.3) is 11.5 Å². The van der Waals surface area contributed by atoms with Gasteiger partial charge in [-0.3, -0.25) is 19.1 Å². The number of piperazine rings is 1. The van der Waals surface area contributed by atoms with Gasteiger partial charge in [0, 0.05) is 62.2 Å². The summed E-state index contributed by atoms with van der Waals surface area (Å²) in [6.07, 6.45) is 1.44. The zero-order valence-corrected chi connectivity index (χ0v) is 19.3. The Morgan fingerprint density at radius 2 is 1.91 bits per heavy atom. The Kier molecular flexibility index (Phi) is 5.99. The number of carbonyl (C=O) groups excluding carboxylic acids is 1. The summed E-state index contributed by atoms with van der Waals surface area (Å²) in [4.78, 5) is 38.7. The first-order chi connectivity index (χ1) is 15.6. The number of hydrogen-bond acceptors (Lipinski definition) is 8. The van der Waals surface area contributed by atoms with Crippen molar-refractivity contribution in [2.24, 2.45) is 0 Å². The van der Waals surface area contributed by atoms with Crippen LogP contribution in [0.25, 0.3) is 10.6 Å². The monoisotopic (exact) mass is 469 g/mol. The Morgan fingerprint density at radius 3 is 2.66 bits per heavy atom. The molecule has 1 aromatic carbocycles. The summed E-state index contributed by atoms with van der Waals surface area (Å²) < 4.78 is 6.82. The molecule has 0 N–H and O–H groups in total. The third kappa shape index (κ3) is 4.17. The smallest absolute Gasteiger partial charge is 0.267 e. The van der Waals surface area contributed by atoms with Gasteiger partial charge in [-0.05, 0) is 24.3 Å². The van der Waals surface area contributed by atoms with Crippen molar-refractivity contribution < 1.29 is 9.53 Å². The van der Waals surface area contributed by atoms with Crippen molar-refractivity contribution >= 4 is 29.0 Å². The maximum atomic E-state index is 12.9. The molecule has 10 heteroatoms. The maximum Gasteiger partial charge on any atom is 0.267 e. The third-order valence-corrected chi connectivity index (χ3v) is 7.63. The molecule has 2 aliphatic rings. The number of aromatic nitrogens is 3. The first-order valence-corrected chi connectivity index (χ1v) is 12.3. The highest BCUT2D eigenvalue weighted by molar-refractivity contribution is 7.99. The predicted octanol–water partition coefficient (Wildman–Crippen LogP) is 2.44. The number of hydrogen-bond donors (Lipinski definition) is 0. The van der Waals surface area contributed by atoms with Gasteiger partial charge in [-0.2, -0.15) is 0 Å². The summed E-state index contributed by atoms with van der Waals surface area (Å²) in [6.45, 7) is 4.03. The van der Waals surface area contributed by atoms with Gasteiger partial charge < -0.3 is 9.64 Å². The van der Waals surface area contributed by atoms with Gasteiger partial charge in [-0.1, -0.05) is 11.8 Å². The minimum atomic E-state index is -0.221. The number of amides is 1. The minimum Gasteiger partial charge on any atom is -0.497 e. The molecule has 0 saturated carbocycles. The first kappa shape index (κ1) is 21.2. The van der Waals surface area contributed by atoms with Crippen molar-refractivity contribution in [1.29, 1.82) is 0 Å². The number of thioether (sulfide) groups is 1. The van der Waals surface area contributed by atoms with Crippen molar-refractivity contribution in [1.82, 2.24) is 24.3 Å². The zero-order chi connectivity index (χ0) is 22.1. The van der Waals surface area contributed by atoms with E-state index in [-0.39, 0.29) is 17.0 Å². The number of fused-ring (bicyclic) bond motifs is 1. The van der Waals surface area contributed by atoms with Crippen LogP contribution >= 0.6 is 23.1 Å². The largest absolute Gasteiger partial charge is 0.497 e. The van der Waals surface area contributed by atoms with E-state index in [1.165, 1.54) is 6.20 Å². The van der Waals surface area contributed by atoms with E-state index in [0.717, 1.165) is 47.4 Å². The molecule has 1 fully saturated rings. The molecule has 0 spiro atoms. The van der Waals surface area contributed by atoms with Gasteiger partial charge in [0.2, 0.25) is 0 Å². The summed E-state index contributed by atoms with van der Waals surface area (Å²) in [5.41, 5.74) is 2.05. The van der Waals surface area contributed by atoms with Crippen LogP contribution in [0.3, 0.4) is 0 Å². The summed E-state index contributed by atoms with van der Waals surface area (Å²) in [5, 5.41) is 3.78. The van der Waals surface area contributed by atoms with Gasteiger partial charge in [0.05, 0.1) is 12.8 Å². The molecule has 4 heterocycles. The third-order valence-electron chi connectivity index (χ3n) is 5.72. The van der Waals surface area contributed by atoms with Gasteiger partial charge >= 0.3 is 0 Å². The molecule has 1 amide bonds. The van der Waals surface area contributed by atoms with E-state index in [9.17, 15) is 9.59 Å². The van der Waals surface area contributed by atoms with Gasteiger partial charge in [0.1, 0.15) is 16.3 Å². The van der Waals surface area contributed by atoms with Crippen LogP contribution < -0.4 is 10.3 Å². The van der Waals surface area contributed by atoms with Crippen molar-refractivity contribution in [3.8, 4) is 16.3 Å². The lowest BCUT2D eigenvalue weighted by atomic mass is 10.2. The molecule has 166 valence electrons. The van der Waals surface area contributed by atoms with Gasteiger partial charge in [-0.25, -0.2) is 9.97 Å². The number of rotatable bonds is 5. The van der Waals surface area contributed by atoms with Gasteiger partial charge in [-0.15, -0.1) is 11.3 Å². The molecule has 0 bridgehead atoms. The average molecular weight is 470 g/mol. The van der Waals surface area contributed by atoms with Crippen molar-refractivity contribution in [2.75, 3.05) is 39.0 Å². The van der Waals surface area contributed by atoms with E-state index in [1.54, 1.807) is 39.7 Å². The van der Waals surface area contributed by atoms with Crippen LogP contribution in [0.15, 0.2) is 45.8 Å². The molecule has 0 aliphatic carbocycles. The fraction of sp³-hybridized carbons (Fsp3) is 0.364. The molecule has 0 unspecified atom stereocenters. The summed E-state index contributed by atoms with van der Waals surface area (Å²) >= 11 is 3.18. The Balaban J connectivity index is 1.19. The second-order valence-electron chi connectivity index (χ2n) is 7.70. The number of benzene rings is 1. The summed E-state index contributed by atoms with van der Waals surface area (Å²) in [7, 11) is 1.66. The average Bonchev–Trinajstić information content (AvgIpc) is 3.50. The second kappa shape index (κ2) is 9.05. The lowest BCUT2D eigenvalue weighted by Gasteiger charge is -2.34. The van der Waals surface area contributed by atoms with Crippen molar-refractivity contribution in [3.05, 3.63) is 57.5 Å². The second-order valence-corrected chi connectivity index (χ2v) is 9.62. The highest BCUT2D eigenvalue weighted by Crippen LogP contribution is 2.26. The predicted molar refractivity (Wildman–Crippen MR) is 125 cm³/mol. The van der Waals surface area contributed by atoms with E-state index in [0.29, 0.717) is 24.8 Å². The Morgan fingerprint density at radius 1 is 1.12 bits per heavy atom. The Bertz CT molecular complexity index is 1180. The van der Waals surface area contributed by atoms with Crippen LogP contribution in [0.5, 0.6) is 5.75 Å². The van der Waals surface area contributed by atoms with Crippen LogP contribution in [0, 0.1) is 0 Å². The highest BCUT2D eigenvalue weighted by atomic mass is 32.2. The lowest BCUT2D eigenvalue weighted by Crippen LogP contribution is -2.49. The van der Waals surface area contributed by atoms with Crippen LogP contribution in [-0.2, 0) is 13.1 Å². The number of carbonyl (C=O) groups is 1. The molecule has 32 heavy (non-hydrogen) atoms. The number of thiazole rings is 1. The molecule has 8 nitrogen and oxygen atoms in total. The number of ether oxygens (including phenoxy) is 1. The topological polar surface area (TPSA) is 80.6 Å².